The molecule has 0 bridgehead atoms. The Balaban J connectivity index is 1.23. The number of carbonyl (C=O) groups excluding carboxylic acids is 1. The van der Waals surface area contributed by atoms with Crippen molar-refractivity contribution in [3.63, 3.8) is 0 Å². The molecule has 3 aromatic heterocycles. The zero-order valence-corrected chi connectivity index (χ0v) is 23.3. The molecular formula is C28H33N5O2S2. The third-order valence-electron chi connectivity index (χ3n) is 7.83. The molecule has 2 aliphatic rings. The second-order valence-corrected chi connectivity index (χ2v) is 12.9. The Morgan fingerprint density at radius 1 is 1.19 bits per heavy atom. The van der Waals surface area contributed by atoms with Crippen LogP contribution in [0, 0.1) is 0 Å². The van der Waals surface area contributed by atoms with Crippen molar-refractivity contribution in [2.45, 2.75) is 82.1 Å². The number of benzene rings is 1. The number of amides is 1. The molecule has 1 aliphatic heterocycles. The van der Waals surface area contributed by atoms with E-state index in [0.717, 1.165) is 52.5 Å². The second-order valence-electron chi connectivity index (χ2n) is 10.9. The fraction of sp³-hybridized carbons (Fsp3) is 0.500. The maximum Gasteiger partial charge on any atom is 0.230 e. The number of thioether (sulfide) groups is 1. The number of nitrogens with one attached hydrogen (secondary N) is 1. The number of fused-ring (bicyclic) bond motifs is 5. The van der Waals surface area contributed by atoms with Crippen molar-refractivity contribution in [1.29, 1.82) is 0 Å². The fourth-order valence-corrected chi connectivity index (χ4v) is 7.77. The molecule has 1 aromatic carbocycles. The van der Waals surface area contributed by atoms with E-state index in [2.05, 4.69) is 71.0 Å². The quantitative estimate of drug-likeness (QED) is 0.316. The van der Waals surface area contributed by atoms with Crippen molar-refractivity contribution >= 4 is 44.9 Å². The molecule has 4 heterocycles. The zero-order chi connectivity index (χ0) is 25.6. The van der Waals surface area contributed by atoms with Crippen molar-refractivity contribution in [2.24, 2.45) is 0 Å². The lowest BCUT2D eigenvalue weighted by Gasteiger charge is -2.30. The van der Waals surface area contributed by atoms with Crippen molar-refractivity contribution in [2.75, 3.05) is 12.3 Å². The third kappa shape index (κ3) is 4.55. The van der Waals surface area contributed by atoms with Gasteiger partial charge in [0, 0.05) is 29.7 Å². The molecular weight excluding hydrogens is 502 g/mol. The average Bonchev–Trinajstić information content (AvgIpc) is 3.63. The lowest BCUT2D eigenvalue weighted by Crippen LogP contribution is -2.39. The van der Waals surface area contributed by atoms with Crippen LogP contribution in [0.5, 0.6) is 0 Å². The summed E-state index contributed by atoms with van der Waals surface area (Å²) in [5, 5.41) is 14.2. The van der Waals surface area contributed by atoms with Gasteiger partial charge in [0.1, 0.15) is 10.7 Å². The fourth-order valence-electron chi connectivity index (χ4n) is 5.87. The highest BCUT2D eigenvalue weighted by Crippen LogP contribution is 2.41. The normalized spacial score (nSPS) is 18.4. The van der Waals surface area contributed by atoms with Gasteiger partial charge in [0.15, 0.2) is 10.8 Å². The summed E-state index contributed by atoms with van der Waals surface area (Å²) in [4.78, 5) is 20.2. The van der Waals surface area contributed by atoms with Crippen molar-refractivity contribution in [3.05, 3.63) is 52.2 Å². The standard InChI is InChI=1S/C28H33N5O2S2/c1-4-21-30-25-23(19-14-27(2,3)35-15-20(19)37-25)24-31-32-26(33(21)24)36-16-22(34)29-17-28(12-8-9-13-28)18-10-6-5-7-11-18/h5-7,10-11H,4,8-9,12-17H2,1-3H3,(H,29,34). The van der Waals surface area contributed by atoms with E-state index in [4.69, 9.17) is 9.72 Å². The van der Waals surface area contributed by atoms with E-state index in [9.17, 15) is 4.79 Å². The largest absolute Gasteiger partial charge is 0.370 e. The van der Waals surface area contributed by atoms with Crippen LogP contribution in [0.15, 0.2) is 35.5 Å². The molecule has 1 amide bonds. The monoisotopic (exact) mass is 535 g/mol. The predicted octanol–water partition coefficient (Wildman–Crippen LogP) is 5.47. The van der Waals surface area contributed by atoms with Crippen LogP contribution in [0.3, 0.4) is 0 Å². The van der Waals surface area contributed by atoms with E-state index < -0.39 is 0 Å². The summed E-state index contributed by atoms with van der Waals surface area (Å²) in [6.45, 7) is 7.64. The molecule has 1 saturated carbocycles. The van der Waals surface area contributed by atoms with Crippen LogP contribution >= 0.6 is 23.1 Å². The van der Waals surface area contributed by atoms with Gasteiger partial charge in [0.25, 0.3) is 0 Å². The molecule has 6 rings (SSSR count). The number of hydrogen-bond acceptors (Lipinski definition) is 7. The van der Waals surface area contributed by atoms with Crippen LogP contribution in [0.2, 0.25) is 0 Å². The number of thiophene rings is 1. The first-order chi connectivity index (χ1) is 17.9. The number of aromatic nitrogens is 4. The summed E-state index contributed by atoms with van der Waals surface area (Å²) in [5.74, 6) is 1.25. The maximum absolute atomic E-state index is 13.0. The zero-order valence-electron chi connectivity index (χ0n) is 21.7. The van der Waals surface area contributed by atoms with Crippen LogP contribution in [0.4, 0.5) is 0 Å². The van der Waals surface area contributed by atoms with Crippen molar-refractivity contribution in [3.8, 4) is 0 Å². The molecule has 4 aromatic rings. The van der Waals surface area contributed by atoms with Gasteiger partial charge < -0.3 is 10.1 Å². The van der Waals surface area contributed by atoms with Gasteiger partial charge in [0.2, 0.25) is 5.91 Å². The van der Waals surface area contributed by atoms with Crippen LogP contribution in [-0.4, -0.2) is 43.4 Å². The number of nitrogens with zero attached hydrogens (tertiary/aromatic N) is 4. The topological polar surface area (TPSA) is 81.4 Å². The molecule has 0 radical (unpaired) electrons. The lowest BCUT2D eigenvalue weighted by molar-refractivity contribution is -0.118. The first-order valence-corrected chi connectivity index (χ1v) is 15.0. The van der Waals surface area contributed by atoms with E-state index in [1.165, 1.54) is 40.6 Å². The van der Waals surface area contributed by atoms with Crippen LogP contribution < -0.4 is 5.32 Å². The maximum atomic E-state index is 13.0. The Hall–Kier alpha value is -2.49. The summed E-state index contributed by atoms with van der Waals surface area (Å²) < 4.78 is 8.10. The molecule has 37 heavy (non-hydrogen) atoms. The number of rotatable bonds is 7. The molecule has 1 aliphatic carbocycles. The van der Waals surface area contributed by atoms with Crippen molar-refractivity contribution < 1.29 is 9.53 Å². The van der Waals surface area contributed by atoms with Gasteiger partial charge in [-0.1, -0.05) is 61.9 Å². The van der Waals surface area contributed by atoms with E-state index >= 15 is 0 Å². The van der Waals surface area contributed by atoms with Gasteiger partial charge in [0.05, 0.1) is 23.3 Å². The molecule has 7 nitrogen and oxygen atoms in total. The molecule has 0 atom stereocenters. The molecule has 194 valence electrons. The van der Waals surface area contributed by atoms with E-state index in [-0.39, 0.29) is 16.9 Å². The Labute approximate surface area is 225 Å². The summed E-state index contributed by atoms with van der Waals surface area (Å²) in [7, 11) is 0. The van der Waals surface area contributed by atoms with Crippen molar-refractivity contribution in [1.82, 2.24) is 24.9 Å². The third-order valence-corrected chi connectivity index (χ3v) is 9.86. The number of aryl methyl sites for hydroxylation is 1. The van der Waals surface area contributed by atoms with Crippen LogP contribution in [0.25, 0.3) is 15.9 Å². The first kappa shape index (κ1) is 24.8. The smallest absolute Gasteiger partial charge is 0.230 e. The minimum absolute atomic E-state index is 0.0304. The second kappa shape index (κ2) is 9.67. The van der Waals surface area contributed by atoms with Crippen LogP contribution in [-0.2, 0) is 34.4 Å². The summed E-state index contributed by atoms with van der Waals surface area (Å²) in [5.41, 5.74) is 3.28. The molecule has 1 fully saturated rings. The van der Waals surface area contributed by atoms with Crippen LogP contribution in [0.1, 0.15) is 68.3 Å². The lowest BCUT2D eigenvalue weighted by atomic mass is 9.79. The Kier molecular flexibility index (Phi) is 6.49. The Morgan fingerprint density at radius 3 is 2.73 bits per heavy atom. The SMILES string of the molecule is CCc1nc2sc3c(c2c2nnc(SCC(=O)NCC4(c5ccccc5)CCCC4)n12)CC(C)(C)OC3. The molecule has 0 spiro atoms. The van der Waals surface area contributed by atoms with Gasteiger partial charge in [-0.05, 0) is 37.8 Å². The highest BCUT2D eigenvalue weighted by atomic mass is 32.2. The molecule has 0 unspecified atom stereocenters. The van der Waals surface area contributed by atoms with E-state index in [1.807, 2.05) is 0 Å². The molecule has 1 N–H and O–H groups in total. The van der Waals surface area contributed by atoms with E-state index in [0.29, 0.717) is 18.9 Å². The van der Waals surface area contributed by atoms with E-state index in [1.54, 1.807) is 11.3 Å². The highest BCUT2D eigenvalue weighted by Gasteiger charge is 2.36. The number of carbonyl (C=O) groups is 1. The average molecular weight is 536 g/mol. The molecule has 0 saturated heterocycles. The Bertz CT molecular complexity index is 1450. The van der Waals surface area contributed by atoms with Gasteiger partial charge in [-0.3, -0.25) is 9.20 Å². The first-order valence-electron chi connectivity index (χ1n) is 13.2. The van der Waals surface area contributed by atoms with Gasteiger partial charge >= 0.3 is 0 Å². The minimum Gasteiger partial charge on any atom is -0.370 e. The predicted molar refractivity (Wildman–Crippen MR) is 148 cm³/mol. The van der Waals surface area contributed by atoms with Gasteiger partial charge in [-0.2, -0.15) is 0 Å². The number of ether oxygens (including phenoxy) is 1. The Morgan fingerprint density at radius 2 is 1.97 bits per heavy atom. The van der Waals surface area contributed by atoms with Gasteiger partial charge in [-0.25, -0.2) is 4.98 Å². The summed E-state index contributed by atoms with van der Waals surface area (Å²) in [6.07, 6.45) is 6.24. The minimum atomic E-state index is -0.215. The summed E-state index contributed by atoms with van der Waals surface area (Å²) >= 11 is 3.14. The molecule has 9 heteroatoms. The summed E-state index contributed by atoms with van der Waals surface area (Å²) in [6, 6.07) is 10.6. The van der Waals surface area contributed by atoms with Gasteiger partial charge in [-0.15, -0.1) is 21.5 Å². The number of hydrogen-bond donors (Lipinski definition) is 1. The highest BCUT2D eigenvalue weighted by molar-refractivity contribution is 7.99.